The number of aliphatic carboxylic acids is 1. The molecule has 0 aromatic heterocycles. The van der Waals surface area contributed by atoms with Gasteiger partial charge in [0.05, 0.1) is 11.4 Å². The molecule has 8 nitrogen and oxygen atoms in total. The van der Waals surface area contributed by atoms with Gasteiger partial charge in [0, 0.05) is 32.7 Å². The van der Waals surface area contributed by atoms with E-state index in [1.807, 2.05) is 30.3 Å². The predicted octanol–water partition coefficient (Wildman–Crippen LogP) is 2.51. The minimum absolute atomic E-state index is 0.00766. The van der Waals surface area contributed by atoms with E-state index in [1.165, 1.54) is 16.4 Å². The second-order valence-corrected chi connectivity index (χ2v) is 9.75. The van der Waals surface area contributed by atoms with Crippen molar-refractivity contribution in [3.8, 4) is 0 Å². The van der Waals surface area contributed by atoms with Crippen LogP contribution >= 0.6 is 0 Å². The van der Waals surface area contributed by atoms with E-state index in [2.05, 4.69) is 5.32 Å². The Labute approximate surface area is 206 Å². The van der Waals surface area contributed by atoms with Gasteiger partial charge in [-0.25, -0.2) is 17.6 Å². The molecule has 1 aliphatic heterocycles. The Bertz CT molecular complexity index is 1090. The second-order valence-electron chi connectivity index (χ2n) is 7.82. The molecule has 2 N–H and O–H groups in total. The van der Waals surface area contributed by atoms with Gasteiger partial charge in [0.2, 0.25) is 15.9 Å². The minimum atomic E-state index is -5.08. The van der Waals surface area contributed by atoms with E-state index in [1.54, 1.807) is 4.90 Å². The largest absolute Gasteiger partial charge is 0.490 e. The molecule has 1 heterocycles. The highest BCUT2D eigenvalue weighted by Crippen LogP contribution is 2.18. The highest BCUT2D eigenvalue weighted by molar-refractivity contribution is 7.89. The van der Waals surface area contributed by atoms with E-state index in [0.29, 0.717) is 39.0 Å². The summed E-state index contributed by atoms with van der Waals surface area (Å²) in [4.78, 5) is 23.3. The number of nitrogens with one attached hydrogen (secondary N) is 1. The molecule has 36 heavy (non-hydrogen) atoms. The molecule has 1 aliphatic rings. The van der Waals surface area contributed by atoms with Gasteiger partial charge in [-0.3, -0.25) is 4.79 Å². The molecular formula is C23H27F4N3O5S. The fourth-order valence-electron chi connectivity index (χ4n) is 3.31. The number of carboxylic acids is 1. The molecule has 0 radical (unpaired) electrons. The summed E-state index contributed by atoms with van der Waals surface area (Å²) in [5, 5.41) is 10.3. The average Bonchev–Trinajstić information content (AvgIpc) is 2.84. The Morgan fingerprint density at radius 2 is 1.56 bits per heavy atom. The lowest BCUT2D eigenvalue weighted by atomic mass is 10.1. The molecule has 13 heteroatoms. The number of carboxylic acid groups (broad SMARTS) is 1. The van der Waals surface area contributed by atoms with Gasteiger partial charge in [-0.2, -0.15) is 17.5 Å². The third-order valence-electron chi connectivity index (χ3n) is 5.19. The van der Waals surface area contributed by atoms with Crippen molar-refractivity contribution in [2.75, 3.05) is 39.3 Å². The number of nitrogens with zero attached hydrogens (tertiary/aromatic N) is 2. The van der Waals surface area contributed by atoms with Crippen molar-refractivity contribution in [1.29, 1.82) is 0 Å². The number of carbonyl (C=O) groups is 2. The van der Waals surface area contributed by atoms with Crippen LogP contribution in [0.3, 0.4) is 0 Å². The summed E-state index contributed by atoms with van der Waals surface area (Å²) >= 11 is 0. The summed E-state index contributed by atoms with van der Waals surface area (Å²) in [6, 6.07) is 14.5. The van der Waals surface area contributed by atoms with Crippen molar-refractivity contribution in [2.24, 2.45) is 0 Å². The zero-order valence-corrected chi connectivity index (χ0v) is 20.1. The van der Waals surface area contributed by atoms with Gasteiger partial charge < -0.3 is 15.3 Å². The van der Waals surface area contributed by atoms with Crippen LogP contribution in [0.15, 0.2) is 59.5 Å². The van der Waals surface area contributed by atoms with Crippen molar-refractivity contribution in [3.63, 3.8) is 0 Å². The van der Waals surface area contributed by atoms with Gasteiger partial charge in [0.15, 0.2) is 0 Å². The Morgan fingerprint density at radius 1 is 1.00 bits per heavy atom. The lowest BCUT2D eigenvalue weighted by Gasteiger charge is -2.30. The first-order chi connectivity index (χ1) is 16.9. The molecule has 2 aromatic carbocycles. The number of rotatable bonds is 8. The van der Waals surface area contributed by atoms with Gasteiger partial charge in [0.25, 0.3) is 0 Å². The molecule has 0 unspecified atom stereocenters. The molecule has 1 saturated heterocycles. The molecule has 3 rings (SSSR count). The summed E-state index contributed by atoms with van der Waals surface area (Å²) < 4.78 is 72.4. The van der Waals surface area contributed by atoms with Gasteiger partial charge in [0.1, 0.15) is 5.82 Å². The number of hydrogen-bond acceptors (Lipinski definition) is 5. The fraction of sp³-hybridized carbons (Fsp3) is 0.391. The van der Waals surface area contributed by atoms with E-state index in [-0.39, 0.29) is 23.9 Å². The Balaban J connectivity index is 0.000000572. The maximum Gasteiger partial charge on any atom is 0.490 e. The van der Waals surface area contributed by atoms with E-state index >= 15 is 0 Å². The minimum Gasteiger partial charge on any atom is -0.475 e. The van der Waals surface area contributed by atoms with Gasteiger partial charge in [-0.05, 0) is 42.7 Å². The van der Waals surface area contributed by atoms with E-state index < -0.39 is 28.0 Å². The number of halogens is 4. The highest BCUT2D eigenvalue weighted by Gasteiger charge is 2.38. The van der Waals surface area contributed by atoms with Crippen LogP contribution in [0.4, 0.5) is 17.6 Å². The number of piperazine rings is 1. The van der Waals surface area contributed by atoms with E-state index in [9.17, 15) is 30.8 Å². The summed E-state index contributed by atoms with van der Waals surface area (Å²) in [6.45, 7) is 2.52. The lowest BCUT2D eigenvalue weighted by Crippen LogP contribution is -2.50. The maximum atomic E-state index is 13.2. The Morgan fingerprint density at radius 3 is 2.08 bits per heavy atom. The smallest absolute Gasteiger partial charge is 0.475 e. The van der Waals surface area contributed by atoms with Crippen molar-refractivity contribution in [2.45, 2.75) is 23.9 Å². The molecule has 0 bridgehead atoms. The third-order valence-corrected chi connectivity index (χ3v) is 7.05. The molecule has 1 amide bonds. The first-order valence-electron chi connectivity index (χ1n) is 11.0. The zero-order valence-electron chi connectivity index (χ0n) is 19.2. The normalized spacial score (nSPS) is 14.2. The Kier molecular flexibility index (Phi) is 10.8. The third kappa shape index (κ3) is 9.21. The first-order valence-corrected chi connectivity index (χ1v) is 12.4. The molecule has 0 saturated carbocycles. The number of benzene rings is 2. The average molecular weight is 534 g/mol. The number of aryl methyl sites for hydroxylation is 1. The van der Waals surface area contributed by atoms with Crippen LogP contribution in [-0.4, -0.2) is 80.1 Å². The monoisotopic (exact) mass is 533 g/mol. The number of hydrogen-bond donors (Lipinski definition) is 2. The van der Waals surface area contributed by atoms with Crippen molar-refractivity contribution in [1.82, 2.24) is 14.5 Å². The quantitative estimate of drug-likeness (QED) is 0.505. The van der Waals surface area contributed by atoms with E-state index in [4.69, 9.17) is 9.90 Å². The zero-order chi connectivity index (χ0) is 26.8. The van der Waals surface area contributed by atoms with Crippen LogP contribution in [0.25, 0.3) is 0 Å². The SMILES string of the molecule is O=C(CN(CCCc1ccccc1)S(=O)(=O)c1ccc(F)cc1)N1CCNCC1.O=C(O)C(F)(F)F. The van der Waals surface area contributed by atoms with Crippen LogP contribution in [0.5, 0.6) is 0 Å². The van der Waals surface area contributed by atoms with Gasteiger partial charge in [-0.15, -0.1) is 0 Å². The van der Waals surface area contributed by atoms with Gasteiger partial charge in [-0.1, -0.05) is 30.3 Å². The van der Waals surface area contributed by atoms with Crippen molar-refractivity contribution < 1.29 is 40.7 Å². The summed E-state index contributed by atoms with van der Waals surface area (Å²) in [5.41, 5.74) is 1.11. The van der Waals surface area contributed by atoms with Crippen LogP contribution in [-0.2, 0) is 26.0 Å². The molecule has 0 spiro atoms. The van der Waals surface area contributed by atoms with Crippen LogP contribution in [0.2, 0.25) is 0 Å². The second kappa shape index (κ2) is 13.3. The van der Waals surface area contributed by atoms with Gasteiger partial charge >= 0.3 is 12.1 Å². The first kappa shape index (κ1) is 29.2. The highest BCUT2D eigenvalue weighted by atomic mass is 32.2. The topological polar surface area (TPSA) is 107 Å². The summed E-state index contributed by atoms with van der Waals surface area (Å²) in [7, 11) is -3.90. The molecule has 1 fully saturated rings. The predicted molar refractivity (Wildman–Crippen MR) is 123 cm³/mol. The summed E-state index contributed by atoms with van der Waals surface area (Å²) in [5.74, 6) is -3.47. The molecule has 198 valence electrons. The standard InChI is InChI=1S/C21H26FN3O3S.C2HF3O2/c22-19-8-10-20(11-9-19)29(27,28)25(14-4-7-18-5-2-1-3-6-18)17-21(26)24-15-12-23-13-16-24;3-2(4,5)1(6)7/h1-3,5-6,8-11,23H,4,7,12-17H2;(H,6,7). The number of carbonyl (C=O) groups excluding carboxylic acids is 1. The molecule has 0 atom stereocenters. The van der Waals surface area contributed by atoms with Crippen molar-refractivity contribution >= 4 is 21.9 Å². The lowest BCUT2D eigenvalue weighted by molar-refractivity contribution is -0.192. The van der Waals surface area contributed by atoms with Crippen LogP contribution < -0.4 is 5.32 Å². The number of alkyl halides is 3. The number of amides is 1. The summed E-state index contributed by atoms with van der Waals surface area (Å²) in [6.07, 6.45) is -3.79. The van der Waals surface area contributed by atoms with Crippen LogP contribution in [0.1, 0.15) is 12.0 Å². The fourth-order valence-corrected chi connectivity index (χ4v) is 4.74. The number of sulfonamides is 1. The molecule has 0 aliphatic carbocycles. The maximum absolute atomic E-state index is 13.2. The van der Waals surface area contributed by atoms with Crippen LogP contribution in [0, 0.1) is 5.82 Å². The molecule has 2 aromatic rings. The Hall–Kier alpha value is -3.03. The van der Waals surface area contributed by atoms with E-state index in [0.717, 1.165) is 17.7 Å². The van der Waals surface area contributed by atoms with Crippen molar-refractivity contribution in [3.05, 3.63) is 66.0 Å². The molecular weight excluding hydrogens is 506 g/mol.